The summed E-state index contributed by atoms with van der Waals surface area (Å²) >= 11 is 6.06. The minimum Gasteiger partial charge on any atom is -0.369 e. The molecule has 3 heteroatoms. The first-order valence-corrected chi connectivity index (χ1v) is 5.02. The molecule has 2 nitrogen and oxygen atoms in total. The molecule has 0 N–H and O–H groups in total. The molecule has 0 heterocycles. The first-order chi connectivity index (χ1) is 7.04. The minimum absolute atomic E-state index is 0.586. The Morgan fingerprint density at radius 3 is 2.73 bits per heavy atom. The fraction of sp³-hybridized carbons (Fsp3) is 0.250. The van der Waals surface area contributed by atoms with Crippen LogP contribution in [0.3, 0.4) is 0 Å². The minimum atomic E-state index is 0.586. The van der Waals surface area contributed by atoms with Gasteiger partial charge in [0.25, 0.3) is 0 Å². The van der Waals surface area contributed by atoms with Gasteiger partial charge >= 0.3 is 0 Å². The fourth-order valence-corrected chi connectivity index (χ4v) is 1.73. The number of likely N-dealkylation sites (N-methyl/N-ethyl adjacent to an activating group) is 1. The van der Waals surface area contributed by atoms with E-state index in [2.05, 4.69) is 6.58 Å². The van der Waals surface area contributed by atoms with Gasteiger partial charge in [-0.2, -0.15) is 0 Å². The molecule has 0 atom stereocenters. The number of benzene rings is 1. The van der Waals surface area contributed by atoms with Crippen molar-refractivity contribution in [1.29, 1.82) is 0 Å². The van der Waals surface area contributed by atoms with Crippen molar-refractivity contribution in [3.05, 3.63) is 40.9 Å². The maximum absolute atomic E-state index is 10.5. The van der Waals surface area contributed by atoms with Gasteiger partial charge in [0, 0.05) is 19.2 Å². The van der Waals surface area contributed by atoms with Crippen LogP contribution in [0.5, 0.6) is 0 Å². The smallest absolute Gasteiger partial charge is 0.150 e. The lowest BCUT2D eigenvalue weighted by atomic mass is 10.2. The van der Waals surface area contributed by atoms with Crippen LogP contribution in [0.4, 0.5) is 5.69 Å². The molecule has 0 radical (unpaired) electrons. The maximum atomic E-state index is 10.5. The molecule has 0 spiro atoms. The Bertz CT molecular complexity index is 387. The summed E-state index contributed by atoms with van der Waals surface area (Å²) in [6.45, 7) is 6.56. The highest BCUT2D eigenvalue weighted by atomic mass is 35.5. The molecule has 1 aromatic carbocycles. The van der Waals surface area contributed by atoms with Crippen molar-refractivity contribution < 1.29 is 4.79 Å². The molecular formula is C12H14ClNO. The zero-order chi connectivity index (χ0) is 11.4. The number of hydrogen-bond donors (Lipinski definition) is 0. The van der Waals surface area contributed by atoms with E-state index < -0.39 is 0 Å². The predicted octanol–water partition coefficient (Wildman–Crippen LogP) is 3.16. The van der Waals surface area contributed by atoms with E-state index in [4.69, 9.17) is 11.6 Å². The predicted molar refractivity (Wildman–Crippen MR) is 64.9 cm³/mol. The van der Waals surface area contributed by atoms with E-state index in [-0.39, 0.29) is 0 Å². The van der Waals surface area contributed by atoms with E-state index in [1.807, 2.05) is 24.9 Å². The van der Waals surface area contributed by atoms with Crippen molar-refractivity contribution in [1.82, 2.24) is 0 Å². The number of rotatable bonds is 4. The van der Waals surface area contributed by atoms with Gasteiger partial charge in [-0.1, -0.05) is 23.8 Å². The number of aldehydes is 1. The highest BCUT2D eigenvalue weighted by Gasteiger charge is 2.06. The summed E-state index contributed by atoms with van der Waals surface area (Å²) in [5.41, 5.74) is 2.56. The summed E-state index contributed by atoms with van der Waals surface area (Å²) in [6.07, 6.45) is 0.786. The molecule has 0 saturated carbocycles. The van der Waals surface area contributed by atoms with E-state index in [1.165, 1.54) is 0 Å². The van der Waals surface area contributed by atoms with Crippen LogP contribution in [0.2, 0.25) is 5.02 Å². The number of carbonyl (C=O) groups excluding carboxylic acids is 1. The third-order valence-corrected chi connectivity index (χ3v) is 2.33. The van der Waals surface area contributed by atoms with Crippen LogP contribution in [0.25, 0.3) is 0 Å². The number of halogens is 1. The van der Waals surface area contributed by atoms with Gasteiger partial charge in [0.05, 0.1) is 10.7 Å². The molecular weight excluding hydrogens is 210 g/mol. The van der Waals surface area contributed by atoms with Crippen molar-refractivity contribution in [2.24, 2.45) is 0 Å². The topological polar surface area (TPSA) is 20.3 Å². The van der Waals surface area contributed by atoms with Crippen molar-refractivity contribution >= 4 is 23.6 Å². The third-order valence-electron chi connectivity index (χ3n) is 2.03. The summed E-state index contributed by atoms with van der Waals surface area (Å²) in [5.74, 6) is 0. The number of hydrogen-bond acceptors (Lipinski definition) is 2. The fourth-order valence-electron chi connectivity index (χ4n) is 1.40. The highest BCUT2D eigenvalue weighted by molar-refractivity contribution is 6.33. The number of carbonyl (C=O) groups is 1. The summed E-state index contributed by atoms with van der Waals surface area (Å²) in [6, 6.07) is 5.26. The van der Waals surface area contributed by atoms with Crippen LogP contribution in [0, 0.1) is 0 Å². The lowest BCUT2D eigenvalue weighted by molar-refractivity contribution is 0.112. The van der Waals surface area contributed by atoms with Gasteiger partial charge in [0.15, 0.2) is 0 Å². The summed E-state index contributed by atoms with van der Waals surface area (Å²) in [5, 5.41) is 0.586. The first kappa shape index (κ1) is 11.8. The molecule has 1 aromatic rings. The van der Waals surface area contributed by atoms with Crippen LogP contribution in [-0.4, -0.2) is 19.9 Å². The molecule has 0 unspecified atom stereocenters. The molecule has 0 saturated heterocycles. The normalized spacial score (nSPS) is 9.80. The Morgan fingerprint density at radius 1 is 1.60 bits per heavy atom. The Morgan fingerprint density at radius 2 is 2.27 bits per heavy atom. The Balaban J connectivity index is 2.94. The standard InChI is InChI=1S/C12H14ClNO/c1-9(2)7-14(3)12-5-4-10(8-15)6-11(12)13/h4-6,8H,1,7H2,2-3H3. The average molecular weight is 224 g/mol. The number of nitrogens with zero attached hydrogens (tertiary/aromatic N) is 1. The van der Waals surface area contributed by atoms with E-state index in [0.717, 1.165) is 24.1 Å². The van der Waals surface area contributed by atoms with Crippen molar-refractivity contribution in [3.8, 4) is 0 Å². The molecule has 15 heavy (non-hydrogen) atoms. The monoisotopic (exact) mass is 223 g/mol. The van der Waals surface area contributed by atoms with Crippen LogP contribution >= 0.6 is 11.6 Å². The van der Waals surface area contributed by atoms with Crippen molar-refractivity contribution in [2.45, 2.75) is 6.92 Å². The molecule has 80 valence electrons. The second-order valence-electron chi connectivity index (χ2n) is 3.64. The van der Waals surface area contributed by atoms with E-state index in [0.29, 0.717) is 10.6 Å². The van der Waals surface area contributed by atoms with Crippen LogP contribution in [0.1, 0.15) is 17.3 Å². The zero-order valence-corrected chi connectivity index (χ0v) is 9.71. The largest absolute Gasteiger partial charge is 0.369 e. The van der Waals surface area contributed by atoms with Crippen LogP contribution in [-0.2, 0) is 0 Å². The van der Waals surface area contributed by atoms with E-state index >= 15 is 0 Å². The lowest BCUT2D eigenvalue weighted by Crippen LogP contribution is -2.19. The molecule has 0 amide bonds. The highest BCUT2D eigenvalue weighted by Crippen LogP contribution is 2.25. The van der Waals surface area contributed by atoms with Gasteiger partial charge in [0.1, 0.15) is 6.29 Å². The second kappa shape index (κ2) is 4.99. The van der Waals surface area contributed by atoms with Gasteiger partial charge in [0.2, 0.25) is 0 Å². The molecule has 0 aliphatic heterocycles. The van der Waals surface area contributed by atoms with E-state index in [1.54, 1.807) is 12.1 Å². The summed E-state index contributed by atoms with van der Waals surface area (Å²) in [4.78, 5) is 12.5. The van der Waals surface area contributed by atoms with Gasteiger partial charge in [-0.05, 0) is 25.1 Å². The molecule has 0 bridgehead atoms. The number of anilines is 1. The van der Waals surface area contributed by atoms with E-state index in [9.17, 15) is 4.79 Å². The molecule has 1 rings (SSSR count). The lowest BCUT2D eigenvalue weighted by Gasteiger charge is -2.20. The Labute approximate surface area is 95.2 Å². The Hall–Kier alpha value is -1.28. The summed E-state index contributed by atoms with van der Waals surface area (Å²) in [7, 11) is 1.94. The van der Waals surface area contributed by atoms with Gasteiger partial charge < -0.3 is 4.90 Å². The molecule has 0 aromatic heterocycles. The molecule has 0 aliphatic rings. The first-order valence-electron chi connectivity index (χ1n) is 4.65. The van der Waals surface area contributed by atoms with Crippen LogP contribution < -0.4 is 4.90 Å². The average Bonchev–Trinajstić information content (AvgIpc) is 2.16. The zero-order valence-electron chi connectivity index (χ0n) is 8.96. The molecule has 0 fully saturated rings. The van der Waals surface area contributed by atoms with Gasteiger partial charge in [-0.25, -0.2) is 0 Å². The summed E-state index contributed by atoms with van der Waals surface area (Å²) < 4.78 is 0. The van der Waals surface area contributed by atoms with Crippen molar-refractivity contribution in [3.63, 3.8) is 0 Å². The quantitative estimate of drug-likeness (QED) is 0.577. The van der Waals surface area contributed by atoms with Gasteiger partial charge in [-0.3, -0.25) is 4.79 Å². The SMILES string of the molecule is C=C(C)CN(C)c1ccc(C=O)cc1Cl. The third kappa shape index (κ3) is 3.10. The maximum Gasteiger partial charge on any atom is 0.150 e. The second-order valence-corrected chi connectivity index (χ2v) is 4.05. The molecule has 0 aliphatic carbocycles. The van der Waals surface area contributed by atoms with Crippen LogP contribution in [0.15, 0.2) is 30.4 Å². The van der Waals surface area contributed by atoms with Crippen molar-refractivity contribution in [2.75, 3.05) is 18.5 Å². The Kier molecular flexibility index (Phi) is 3.92. The van der Waals surface area contributed by atoms with Gasteiger partial charge in [-0.15, -0.1) is 0 Å².